The second-order valence-electron chi connectivity index (χ2n) is 5.04. The highest BCUT2D eigenvalue weighted by Gasteiger charge is 2.44. The summed E-state index contributed by atoms with van der Waals surface area (Å²) in [7, 11) is 0. The molecule has 1 aromatic carbocycles. The number of carbonyl (C=O) groups excluding carboxylic acids is 1. The van der Waals surface area contributed by atoms with Gasteiger partial charge < -0.3 is 30.5 Å². The highest BCUT2D eigenvalue weighted by molar-refractivity contribution is 5.95. The molecule has 0 bridgehead atoms. The minimum Gasteiger partial charge on any atom is -0.394 e. The molecule has 1 aliphatic rings. The number of ether oxygens (including phenoxy) is 1. The Morgan fingerprint density at radius 1 is 1.30 bits per heavy atom. The summed E-state index contributed by atoms with van der Waals surface area (Å²) in [6.45, 7) is -0.624. The van der Waals surface area contributed by atoms with Crippen molar-refractivity contribution in [1.29, 1.82) is 0 Å². The molecule has 1 aromatic rings. The van der Waals surface area contributed by atoms with Gasteiger partial charge in [-0.2, -0.15) is 0 Å². The molecule has 0 aliphatic carbocycles. The molecule has 1 saturated heterocycles. The molecule has 10 heteroatoms. The van der Waals surface area contributed by atoms with Crippen LogP contribution in [0.3, 0.4) is 0 Å². The largest absolute Gasteiger partial charge is 0.394 e. The number of benzene rings is 1. The second-order valence-corrected chi connectivity index (χ2v) is 5.04. The van der Waals surface area contributed by atoms with Crippen LogP contribution in [-0.4, -0.2) is 68.5 Å². The van der Waals surface area contributed by atoms with Crippen molar-refractivity contribution in [3.63, 3.8) is 0 Å². The molecule has 5 atom stereocenters. The zero-order valence-corrected chi connectivity index (χ0v) is 11.8. The maximum Gasteiger partial charge on any atom is 0.270 e. The van der Waals surface area contributed by atoms with Crippen molar-refractivity contribution in [3.05, 3.63) is 39.9 Å². The number of carbonyl (C=O) groups is 1. The van der Waals surface area contributed by atoms with E-state index in [0.29, 0.717) is 0 Å². The quantitative estimate of drug-likeness (QED) is 0.317. The number of amides is 1. The van der Waals surface area contributed by atoms with Crippen LogP contribution in [0.4, 0.5) is 5.69 Å². The summed E-state index contributed by atoms with van der Waals surface area (Å²) in [5.41, 5.74) is -0.351. The highest BCUT2D eigenvalue weighted by atomic mass is 16.6. The van der Waals surface area contributed by atoms with Crippen molar-refractivity contribution in [2.45, 2.75) is 30.6 Å². The monoisotopic (exact) mass is 328 g/mol. The lowest BCUT2D eigenvalue weighted by molar-refractivity contribution is -0.384. The number of nitrogens with zero attached hydrogens (tertiary/aromatic N) is 1. The average molecular weight is 328 g/mol. The number of nitrogens with one attached hydrogen (secondary N) is 1. The Balaban J connectivity index is 2.13. The van der Waals surface area contributed by atoms with Crippen LogP contribution in [0.25, 0.3) is 0 Å². The fraction of sp³-hybridized carbons (Fsp3) is 0.462. The molecule has 1 heterocycles. The smallest absolute Gasteiger partial charge is 0.270 e. The van der Waals surface area contributed by atoms with E-state index in [0.717, 1.165) is 6.07 Å². The lowest BCUT2D eigenvalue weighted by atomic mass is 9.97. The summed E-state index contributed by atoms with van der Waals surface area (Å²) in [4.78, 5) is 22.1. The standard InChI is InChI=1S/C13H16N2O8/c16-5-8-10(17)11(18)9(13(20)23-8)14-12(19)6-2-1-3-7(4-6)15(21)22/h1-4,8-11,13,16-18,20H,5H2,(H,14,19)/t8-,9-,10-,11-,13-/m1/s1. The summed E-state index contributed by atoms with van der Waals surface area (Å²) in [6.07, 6.45) is -5.95. The van der Waals surface area contributed by atoms with Gasteiger partial charge in [-0.1, -0.05) is 6.07 Å². The predicted molar refractivity (Wildman–Crippen MR) is 74.3 cm³/mol. The van der Waals surface area contributed by atoms with Crippen molar-refractivity contribution >= 4 is 11.6 Å². The summed E-state index contributed by atoms with van der Waals surface area (Å²) < 4.78 is 4.90. The third kappa shape index (κ3) is 3.63. The minimum absolute atomic E-state index is 0.0580. The van der Waals surface area contributed by atoms with E-state index in [1.54, 1.807) is 0 Å². The Labute approximate surface area is 130 Å². The summed E-state index contributed by atoms with van der Waals surface area (Å²) >= 11 is 0. The van der Waals surface area contributed by atoms with Crippen LogP contribution in [0.2, 0.25) is 0 Å². The van der Waals surface area contributed by atoms with E-state index in [1.807, 2.05) is 0 Å². The molecule has 0 unspecified atom stereocenters. The van der Waals surface area contributed by atoms with Gasteiger partial charge in [0.1, 0.15) is 24.4 Å². The topological polar surface area (TPSA) is 162 Å². The van der Waals surface area contributed by atoms with Crippen molar-refractivity contribution in [1.82, 2.24) is 5.32 Å². The van der Waals surface area contributed by atoms with Gasteiger partial charge in [-0.15, -0.1) is 0 Å². The lowest BCUT2D eigenvalue weighted by Crippen LogP contribution is -2.64. The van der Waals surface area contributed by atoms with Gasteiger partial charge in [0.2, 0.25) is 0 Å². The molecule has 1 amide bonds. The molecule has 126 valence electrons. The number of hydrogen-bond acceptors (Lipinski definition) is 8. The van der Waals surface area contributed by atoms with Crippen LogP contribution in [0.5, 0.6) is 0 Å². The molecule has 2 rings (SSSR count). The van der Waals surface area contributed by atoms with Gasteiger partial charge >= 0.3 is 0 Å². The number of hydrogen-bond donors (Lipinski definition) is 5. The maximum absolute atomic E-state index is 12.1. The van der Waals surface area contributed by atoms with Crippen molar-refractivity contribution in [2.24, 2.45) is 0 Å². The predicted octanol–water partition coefficient (Wildman–Crippen LogP) is -1.88. The minimum atomic E-state index is -1.66. The first kappa shape index (κ1) is 17.2. The van der Waals surface area contributed by atoms with Crippen molar-refractivity contribution in [2.75, 3.05) is 6.61 Å². The van der Waals surface area contributed by atoms with Crippen molar-refractivity contribution < 1.29 is 34.9 Å². The Morgan fingerprint density at radius 3 is 2.61 bits per heavy atom. The third-order valence-electron chi connectivity index (χ3n) is 3.52. The van der Waals surface area contributed by atoms with Gasteiger partial charge in [0.05, 0.1) is 11.5 Å². The van der Waals surface area contributed by atoms with Crippen LogP contribution in [0, 0.1) is 10.1 Å². The Morgan fingerprint density at radius 2 is 2.00 bits per heavy atom. The lowest BCUT2D eigenvalue weighted by Gasteiger charge is -2.40. The molecular formula is C13H16N2O8. The fourth-order valence-corrected chi connectivity index (χ4v) is 2.25. The van der Waals surface area contributed by atoms with Gasteiger partial charge in [-0.3, -0.25) is 14.9 Å². The maximum atomic E-state index is 12.1. The molecule has 1 fully saturated rings. The fourth-order valence-electron chi connectivity index (χ4n) is 2.25. The van der Waals surface area contributed by atoms with Gasteiger partial charge in [-0.05, 0) is 6.07 Å². The number of rotatable bonds is 4. The van der Waals surface area contributed by atoms with Gasteiger partial charge in [0, 0.05) is 17.7 Å². The summed E-state index contributed by atoms with van der Waals surface area (Å²) in [5.74, 6) is -0.796. The van der Waals surface area contributed by atoms with Crippen LogP contribution < -0.4 is 5.32 Å². The molecule has 1 aliphatic heterocycles. The molecule has 23 heavy (non-hydrogen) atoms. The zero-order chi connectivity index (χ0) is 17.1. The molecule has 0 spiro atoms. The zero-order valence-electron chi connectivity index (χ0n) is 11.8. The first-order valence-corrected chi connectivity index (χ1v) is 6.71. The van der Waals surface area contributed by atoms with E-state index in [4.69, 9.17) is 9.84 Å². The summed E-state index contributed by atoms with van der Waals surface area (Å²) in [5, 5.41) is 51.3. The van der Waals surface area contributed by atoms with Crippen LogP contribution in [0.1, 0.15) is 10.4 Å². The van der Waals surface area contributed by atoms with Crippen LogP contribution >= 0.6 is 0 Å². The normalized spacial score (nSPS) is 30.7. The van der Waals surface area contributed by atoms with E-state index in [9.17, 15) is 30.2 Å². The number of aliphatic hydroxyl groups is 4. The van der Waals surface area contributed by atoms with E-state index in [2.05, 4.69) is 5.32 Å². The van der Waals surface area contributed by atoms with Crippen molar-refractivity contribution in [3.8, 4) is 0 Å². The Bertz CT molecular complexity index is 595. The number of nitro groups is 1. The van der Waals surface area contributed by atoms with E-state index in [1.165, 1.54) is 18.2 Å². The summed E-state index contributed by atoms with van der Waals surface area (Å²) in [6, 6.07) is 3.51. The Hall–Kier alpha value is -2.11. The number of non-ortho nitro benzene ring substituents is 1. The van der Waals surface area contributed by atoms with E-state index >= 15 is 0 Å². The van der Waals surface area contributed by atoms with Gasteiger partial charge in [0.15, 0.2) is 6.29 Å². The number of nitro benzene ring substituents is 1. The molecule has 5 N–H and O–H groups in total. The average Bonchev–Trinajstić information content (AvgIpc) is 2.54. The molecule has 0 aromatic heterocycles. The highest BCUT2D eigenvalue weighted by Crippen LogP contribution is 2.20. The van der Waals surface area contributed by atoms with Crippen LogP contribution in [-0.2, 0) is 4.74 Å². The first-order chi connectivity index (χ1) is 10.8. The molecule has 10 nitrogen and oxygen atoms in total. The van der Waals surface area contributed by atoms with E-state index < -0.39 is 48.1 Å². The SMILES string of the molecule is O=C(N[C@@H]1[C@@H](O)[C@H](O)[C@@H](CO)O[C@H]1O)c1cccc([N+](=O)[O-])c1. The second kappa shape index (κ2) is 6.98. The molecule has 0 radical (unpaired) electrons. The first-order valence-electron chi connectivity index (χ1n) is 6.71. The Kier molecular flexibility index (Phi) is 5.23. The third-order valence-corrected chi connectivity index (χ3v) is 3.52. The molecule has 0 saturated carbocycles. The van der Waals surface area contributed by atoms with E-state index in [-0.39, 0.29) is 11.3 Å². The van der Waals surface area contributed by atoms with Gasteiger partial charge in [0.25, 0.3) is 11.6 Å². The number of aliphatic hydroxyl groups excluding tert-OH is 4. The van der Waals surface area contributed by atoms with Gasteiger partial charge in [-0.25, -0.2) is 0 Å². The van der Waals surface area contributed by atoms with Crippen LogP contribution in [0.15, 0.2) is 24.3 Å². The molecular weight excluding hydrogens is 312 g/mol.